The van der Waals surface area contributed by atoms with Gasteiger partial charge < -0.3 is 15.4 Å². The number of nitrogens with zero attached hydrogens (tertiary/aromatic N) is 1. The van der Waals surface area contributed by atoms with Crippen LogP contribution in [0.25, 0.3) is 0 Å². The SMILES string of the molecule is COc1ccc(NC(C)=O)cc1NC(=O)c1cccnc1SC. The molecule has 2 rings (SSSR count). The van der Waals surface area contributed by atoms with E-state index in [0.29, 0.717) is 27.7 Å². The van der Waals surface area contributed by atoms with Gasteiger partial charge in [0.2, 0.25) is 5.91 Å². The second kappa shape index (κ2) is 7.64. The molecule has 23 heavy (non-hydrogen) atoms. The van der Waals surface area contributed by atoms with Gasteiger partial charge in [0.05, 0.1) is 18.4 Å². The van der Waals surface area contributed by atoms with Gasteiger partial charge in [-0.1, -0.05) is 0 Å². The number of carbonyl (C=O) groups is 2. The van der Waals surface area contributed by atoms with E-state index in [2.05, 4.69) is 15.6 Å². The maximum absolute atomic E-state index is 12.5. The fourth-order valence-corrected chi connectivity index (χ4v) is 2.55. The van der Waals surface area contributed by atoms with E-state index < -0.39 is 0 Å². The summed E-state index contributed by atoms with van der Waals surface area (Å²) in [5, 5.41) is 6.11. The van der Waals surface area contributed by atoms with E-state index in [9.17, 15) is 9.59 Å². The maximum Gasteiger partial charge on any atom is 0.258 e. The summed E-state index contributed by atoms with van der Waals surface area (Å²) in [5.41, 5.74) is 1.52. The third kappa shape index (κ3) is 4.23. The number of nitrogens with one attached hydrogen (secondary N) is 2. The first-order valence-electron chi connectivity index (χ1n) is 6.81. The Bertz CT molecular complexity index is 734. The van der Waals surface area contributed by atoms with Gasteiger partial charge in [0.1, 0.15) is 10.8 Å². The molecule has 1 heterocycles. The molecule has 0 aliphatic heterocycles. The molecule has 0 bridgehead atoms. The predicted molar refractivity (Wildman–Crippen MR) is 91.3 cm³/mol. The highest BCUT2D eigenvalue weighted by Gasteiger charge is 2.14. The molecule has 0 atom stereocenters. The molecule has 0 unspecified atom stereocenters. The number of ether oxygens (including phenoxy) is 1. The van der Waals surface area contributed by atoms with E-state index in [1.54, 1.807) is 36.5 Å². The lowest BCUT2D eigenvalue weighted by Crippen LogP contribution is -2.15. The molecule has 0 aliphatic rings. The van der Waals surface area contributed by atoms with Gasteiger partial charge in [-0.05, 0) is 36.6 Å². The summed E-state index contributed by atoms with van der Waals surface area (Å²) in [4.78, 5) is 27.8. The number of aromatic nitrogens is 1. The Morgan fingerprint density at radius 1 is 1.22 bits per heavy atom. The van der Waals surface area contributed by atoms with Crippen LogP contribution in [0.5, 0.6) is 5.75 Å². The zero-order valence-corrected chi connectivity index (χ0v) is 13.9. The van der Waals surface area contributed by atoms with Crippen LogP contribution in [-0.2, 0) is 4.79 Å². The molecule has 6 nitrogen and oxygen atoms in total. The summed E-state index contributed by atoms with van der Waals surface area (Å²) in [6, 6.07) is 8.44. The molecule has 0 fully saturated rings. The van der Waals surface area contributed by atoms with Crippen molar-refractivity contribution in [2.24, 2.45) is 0 Å². The number of hydrogen-bond donors (Lipinski definition) is 2. The molecule has 1 aromatic heterocycles. The second-order valence-electron chi connectivity index (χ2n) is 4.61. The van der Waals surface area contributed by atoms with Gasteiger partial charge in [0, 0.05) is 18.8 Å². The van der Waals surface area contributed by atoms with E-state index >= 15 is 0 Å². The Labute approximate surface area is 138 Å². The quantitative estimate of drug-likeness (QED) is 0.823. The zero-order valence-electron chi connectivity index (χ0n) is 13.0. The second-order valence-corrected chi connectivity index (χ2v) is 5.41. The zero-order chi connectivity index (χ0) is 16.8. The maximum atomic E-state index is 12.5. The first kappa shape index (κ1) is 16.8. The predicted octanol–water partition coefficient (Wildman–Crippen LogP) is 3.02. The van der Waals surface area contributed by atoms with Gasteiger partial charge in [-0.2, -0.15) is 0 Å². The van der Waals surface area contributed by atoms with Crippen LogP contribution < -0.4 is 15.4 Å². The summed E-state index contributed by atoms with van der Waals surface area (Å²) < 4.78 is 5.25. The van der Waals surface area contributed by atoms with E-state index in [0.717, 1.165) is 0 Å². The highest BCUT2D eigenvalue weighted by Crippen LogP contribution is 2.29. The fraction of sp³-hybridized carbons (Fsp3) is 0.188. The number of amides is 2. The Morgan fingerprint density at radius 3 is 2.65 bits per heavy atom. The molecule has 2 aromatic rings. The third-order valence-electron chi connectivity index (χ3n) is 2.98. The van der Waals surface area contributed by atoms with Crippen molar-refractivity contribution in [1.82, 2.24) is 4.98 Å². The normalized spacial score (nSPS) is 10.0. The van der Waals surface area contributed by atoms with Crippen molar-refractivity contribution in [3.8, 4) is 5.75 Å². The average Bonchev–Trinajstić information content (AvgIpc) is 2.54. The molecule has 0 radical (unpaired) electrons. The minimum Gasteiger partial charge on any atom is -0.495 e. The van der Waals surface area contributed by atoms with E-state index in [1.165, 1.54) is 25.8 Å². The highest BCUT2D eigenvalue weighted by atomic mass is 32.2. The van der Waals surface area contributed by atoms with Gasteiger partial charge in [0.25, 0.3) is 5.91 Å². The summed E-state index contributed by atoms with van der Waals surface area (Å²) in [7, 11) is 1.51. The molecule has 1 aromatic carbocycles. The van der Waals surface area contributed by atoms with Crippen molar-refractivity contribution in [3.05, 3.63) is 42.1 Å². The molecule has 7 heteroatoms. The Kier molecular flexibility index (Phi) is 5.59. The molecule has 0 saturated heterocycles. The van der Waals surface area contributed by atoms with Gasteiger partial charge >= 0.3 is 0 Å². The largest absolute Gasteiger partial charge is 0.495 e. The molecule has 0 spiro atoms. The molecule has 2 N–H and O–H groups in total. The van der Waals surface area contributed by atoms with Crippen molar-refractivity contribution in [2.45, 2.75) is 11.9 Å². The van der Waals surface area contributed by atoms with Crippen molar-refractivity contribution < 1.29 is 14.3 Å². The van der Waals surface area contributed by atoms with Crippen LogP contribution >= 0.6 is 11.8 Å². The average molecular weight is 331 g/mol. The lowest BCUT2D eigenvalue weighted by atomic mass is 10.2. The molecular formula is C16H17N3O3S. The van der Waals surface area contributed by atoms with Crippen molar-refractivity contribution >= 4 is 35.0 Å². The topological polar surface area (TPSA) is 80.3 Å². The number of pyridine rings is 1. The molecule has 0 saturated carbocycles. The molecule has 0 aliphatic carbocycles. The number of benzene rings is 1. The Hall–Kier alpha value is -2.54. The van der Waals surface area contributed by atoms with Crippen LogP contribution in [-0.4, -0.2) is 30.2 Å². The van der Waals surface area contributed by atoms with E-state index in [4.69, 9.17) is 4.74 Å². The highest BCUT2D eigenvalue weighted by molar-refractivity contribution is 7.98. The minimum atomic E-state index is -0.291. The molecule has 120 valence electrons. The number of carbonyl (C=O) groups excluding carboxylic acids is 2. The van der Waals surface area contributed by atoms with Gasteiger partial charge in [-0.15, -0.1) is 11.8 Å². The first-order chi connectivity index (χ1) is 11.0. The summed E-state index contributed by atoms with van der Waals surface area (Å²) >= 11 is 1.40. The molecular weight excluding hydrogens is 314 g/mol. The Balaban J connectivity index is 2.30. The lowest BCUT2D eigenvalue weighted by Gasteiger charge is -2.13. The number of thioether (sulfide) groups is 1. The fourth-order valence-electron chi connectivity index (χ4n) is 2.00. The van der Waals surface area contributed by atoms with Crippen LogP contribution in [0.4, 0.5) is 11.4 Å². The summed E-state index contributed by atoms with van der Waals surface area (Å²) in [6.45, 7) is 1.42. The van der Waals surface area contributed by atoms with Gasteiger partial charge in [0.15, 0.2) is 0 Å². The van der Waals surface area contributed by atoms with E-state index in [1.807, 2.05) is 6.26 Å². The standard InChI is InChI=1S/C16H17N3O3S/c1-10(20)18-11-6-7-14(22-2)13(9-11)19-15(21)12-5-4-8-17-16(12)23-3/h4-9H,1-3H3,(H,18,20)(H,19,21). The lowest BCUT2D eigenvalue weighted by molar-refractivity contribution is -0.114. The van der Waals surface area contributed by atoms with Crippen LogP contribution in [0.2, 0.25) is 0 Å². The van der Waals surface area contributed by atoms with Crippen LogP contribution in [0.3, 0.4) is 0 Å². The number of methoxy groups -OCH3 is 1. The van der Waals surface area contributed by atoms with Gasteiger partial charge in [-0.3, -0.25) is 9.59 Å². The third-order valence-corrected chi connectivity index (χ3v) is 3.69. The van der Waals surface area contributed by atoms with Crippen molar-refractivity contribution in [2.75, 3.05) is 24.0 Å². The van der Waals surface area contributed by atoms with Crippen LogP contribution in [0, 0.1) is 0 Å². The van der Waals surface area contributed by atoms with E-state index in [-0.39, 0.29) is 11.8 Å². The van der Waals surface area contributed by atoms with Crippen molar-refractivity contribution in [1.29, 1.82) is 0 Å². The van der Waals surface area contributed by atoms with Crippen molar-refractivity contribution in [3.63, 3.8) is 0 Å². The minimum absolute atomic E-state index is 0.190. The first-order valence-corrected chi connectivity index (χ1v) is 8.03. The van der Waals surface area contributed by atoms with Crippen LogP contribution in [0.15, 0.2) is 41.6 Å². The summed E-state index contributed by atoms with van der Waals surface area (Å²) in [5.74, 6) is 0.0205. The number of rotatable bonds is 5. The number of anilines is 2. The monoisotopic (exact) mass is 331 g/mol. The van der Waals surface area contributed by atoms with Crippen LogP contribution in [0.1, 0.15) is 17.3 Å². The smallest absolute Gasteiger partial charge is 0.258 e. The summed E-state index contributed by atoms with van der Waals surface area (Å²) in [6.07, 6.45) is 3.50. The Morgan fingerprint density at radius 2 is 2.00 bits per heavy atom. The molecule has 2 amide bonds. The number of hydrogen-bond acceptors (Lipinski definition) is 5. The van der Waals surface area contributed by atoms with Gasteiger partial charge in [-0.25, -0.2) is 4.98 Å².